The van der Waals surface area contributed by atoms with Gasteiger partial charge in [0.05, 0.1) is 6.54 Å². The average molecular weight is 342 g/mol. The number of hydrogen-bond acceptors (Lipinski definition) is 3. The van der Waals surface area contributed by atoms with E-state index >= 15 is 0 Å². The Bertz CT molecular complexity index is 1020. The van der Waals surface area contributed by atoms with Gasteiger partial charge >= 0.3 is 0 Å². The van der Waals surface area contributed by atoms with Gasteiger partial charge in [0.2, 0.25) is 0 Å². The summed E-state index contributed by atoms with van der Waals surface area (Å²) >= 11 is 0. The van der Waals surface area contributed by atoms with E-state index in [-0.39, 0.29) is 0 Å². The summed E-state index contributed by atoms with van der Waals surface area (Å²) in [6, 6.07) is 23.5. The molecule has 1 aliphatic rings. The van der Waals surface area contributed by atoms with E-state index in [4.69, 9.17) is 0 Å². The Morgan fingerprint density at radius 1 is 0.846 bits per heavy atom. The molecule has 4 heteroatoms. The second-order valence-corrected chi connectivity index (χ2v) is 7.31. The van der Waals surface area contributed by atoms with Gasteiger partial charge in [0.25, 0.3) is 0 Å². The molecule has 1 saturated heterocycles. The van der Waals surface area contributed by atoms with Gasteiger partial charge in [0.1, 0.15) is 11.0 Å². The summed E-state index contributed by atoms with van der Waals surface area (Å²) < 4.78 is 0. The number of benzene rings is 3. The van der Waals surface area contributed by atoms with Crippen molar-refractivity contribution in [3.63, 3.8) is 0 Å². The van der Waals surface area contributed by atoms with E-state index in [1.54, 1.807) is 0 Å². The van der Waals surface area contributed by atoms with Gasteiger partial charge < -0.3 is 5.32 Å². The van der Waals surface area contributed by atoms with Crippen LogP contribution in [0.5, 0.6) is 0 Å². The molecule has 0 radical (unpaired) electrons. The first-order chi connectivity index (χ1) is 12.8. The molecule has 1 aromatic heterocycles. The van der Waals surface area contributed by atoms with E-state index < -0.39 is 0 Å². The molecule has 5 rings (SSSR count). The first-order valence-electron chi connectivity index (χ1n) is 9.34. The van der Waals surface area contributed by atoms with Crippen LogP contribution < -0.4 is 5.32 Å². The van der Waals surface area contributed by atoms with E-state index in [0.29, 0.717) is 11.8 Å². The van der Waals surface area contributed by atoms with E-state index in [0.717, 1.165) is 30.7 Å². The number of nitrogens with zero attached hydrogens (tertiary/aromatic N) is 3. The zero-order chi connectivity index (χ0) is 17.3. The van der Waals surface area contributed by atoms with E-state index in [2.05, 4.69) is 58.0 Å². The third-order valence-electron chi connectivity index (χ3n) is 5.44. The summed E-state index contributed by atoms with van der Waals surface area (Å²) in [4.78, 5) is 1.87. The number of hydrogen-bond donors (Lipinski definition) is 1. The van der Waals surface area contributed by atoms with Crippen LogP contribution in [0.4, 0.5) is 0 Å². The molecular weight excluding hydrogens is 320 g/mol. The second-order valence-electron chi connectivity index (χ2n) is 7.31. The molecular formula is C22H22N4. The smallest absolute Gasteiger partial charge is 0.113 e. The molecule has 4 aromatic rings. The zero-order valence-electron chi connectivity index (χ0n) is 14.7. The summed E-state index contributed by atoms with van der Waals surface area (Å²) in [6.07, 6.45) is 1.17. The molecule has 2 atom stereocenters. The fraction of sp³-hybridized carbons (Fsp3) is 0.273. The molecule has 3 aromatic carbocycles. The lowest BCUT2D eigenvalue weighted by atomic mass is 9.85. The van der Waals surface area contributed by atoms with Crippen LogP contribution in [0.2, 0.25) is 0 Å². The second kappa shape index (κ2) is 6.54. The van der Waals surface area contributed by atoms with Gasteiger partial charge in [-0.15, -0.1) is 0 Å². The van der Waals surface area contributed by atoms with Crippen LogP contribution >= 0.6 is 0 Å². The van der Waals surface area contributed by atoms with Gasteiger partial charge in [-0.2, -0.15) is 15.0 Å². The minimum atomic E-state index is 0.544. The predicted octanol–water partition coefficient (Wildman–Crippen LogP) is 3.98. The van der Waals surface area contributed by atoms with E-state index in [1.807, 2.05) is 29.1 Å². The first kappa shape index (κ1) is 15.5. The molecule has 26 heavy (non-hydrogen) atoms. The standard InChI is InChI=1S/C22H22N4/c1-2-6-18-12-19(10-9-17(18)5-1)20-11-16(13-23-14-20)15-26-24-21-7-3-4-8-22(21)25-26/h1-10,12,16,20,23H,11,13-15H2/t16-,20?/m0/s1. The lowest BCUT2D eigenvalue weighted by Crippen LogP contribution is -2.37. The van der Waals surface area contributed by atoms with Crippen LogP contribution in [-0.4, -0.2) is 28.1 Å². The first-order valence-corrected chi connectivity index (χ1v) is 9.34. The summed E-state index contributed by atoms with van der Waals surface area (Å²) in [7, 11) is 0. The number of piperidine rings is 1. The lowest BCUT2D eigenvalue weighted by Gasteiger charge is -2.30. The van der Waals surface area contributed by atoms with Crippen molar-refractivity contribution >= 4 is 21.8 Å². The molecule has 0 bridgehead atoms. The van der Waals surface area contributed by atoms with Crippen molar-refractivity contribution in [1.82, 2.24) is 20.3 Å². The Balaban J connectivity index is 1.35. The number of fused-ring (bicyclic) bond motifs is 2. The highest BCUT2D eigenvalue weighted by Gasteiger charge is 2.24. The van der Waals surface area contributed by atoms with Crippen molar-refractivity contribution in [1.29, 1.82) is 0 Å². The molecule has 1 fully saturated rings. The number of rotatable bonds is 3. The molecule has 0 amide bonds. The van der Waals surface area contributed by atoms with Crippen molar-refractivity contribution in [3.8, 4) is 0 Å². The molecule has 1 N–H and O–H groups in total. The Labute approximate surface area is 152 Å². The zero-order valence-corrected chi connectivity index (χ0v) is 14.7. The predicted molar refractivity (Wildman–Crippen MR) is 105 cm³/mol. The Kier molecular flexibility index (Phi) is 3.91. The molecule has 1 unspecified atom stereocenters. The van der Waals surface area contributed by atoms with Crippen molar-refractivity contribution in [2.75, 3.05) is 13.1 Å². The molecule has 130 valence electrons. The van der Waals surface area contributed by atoms with Gasteiger partial charge in [-0.05, 0) is 53.3 Å². The van der Waals surface area contributed by atoms with Crippen molar-refractivity contribution in [3.05, 3.63) is 72.3 Å². The third kappa shape index (κ3) is 2.97. The Morgan fingerprint density at radius 2 is 1.58 bits per heavy atom. The van der Waals surface area contributed by atoms with Crippen molar-refractivity contribution in [2.45, 2.75) is 18.9 Å². The molecule has 2 heterocycles. The lowest BCUT2D eigenvalue weighted by molar-refractivity contribution is 0.287. The third-order valence-corrected chi connectivity index (χ3v) is 5.44. The Hall–Kier alpha value is -2.72. The number of nitrogens with one attached hydrogen (secondary N) is 1. The number of aromatic nitrogens is 3. The van der Waals surface area contributed by atoms with Crippen LogP contribution in [0, 0.1) is 5.92 Å². The van der Waals surface area contributed by atoms with Gasteiger partial charge in [-0.3, -0.25) is 0 Å². The quantitative estimate of drug-likeness (QED) is 0.612. The summed E-state index contributed by atoms with van der Waals surface area (Å²) in [5.41, 5.74) is 3.38. The van der Waals surface area contributed by atoms with Gasteiger partial charge in [0.15, 0.2) is 0 Å². The van der Waals surface area contributed by atoms with Gasteiger partial charge in [0, 0.05) is 6.54 Å². The maximum atomic E-state index is 4.62. The summed E-state index contributed by atoms with van der Waals surface area (Å²) in [5, 5.41) is 15.5. The van der Waals surface area contributed by atoms with Crippen LogP contribution in [-0.2, 0) is 6.54 Å². The van der Waals surface area contributed by atoms with Crippen molar-refractivity contribution < 1.29 is 0 Å². The fourth-order valence-corrected chi connectivity index (χ4v) is 4.10. The maximum absolute atomic E-state index is 4.62. The summed E-state index contributed by atoms with van der Waals surface area (Å²) in [6.45, 7) is 2.94. The van der Waals surface area contributed by atoms with Crippen LogP contribution in [0.25, 0.3) is 21.8 Å². The minimum Gasteiger partial charge on any atom is -0.316 e. The fourth-order valence-electron chi connectivity index (χ4n) is 4.10. The molecule has 0 spiro atoms. The topological polar surface area (TPSA) is 42.7 Å². The van der Waals surface area contributed by atoms with E-state index in [1.165, 1.54) is 22.8 Å². The normalized spacial score (nSPS) is 20.6. The molecule has 0 aliphatic carbocycles. The Morgan fingerprint density at radius 3 is 2.38 bits per heavy atom. The van der Waals surface area contributed by atoms with Crippen LogP contribution in [0.3, 0.4) is 0 Å². The van der Waals surface area contributed by atoms with Gasteiger partial charge in [-0.1, -0.05) is 54.6 Å². The van der Waals surface area contributed by atoms with E-state index in [9.17, 15) is 0 Å². The highest BCUT2D eigenvalue weighted by atomic mass is 15.5. The highest BCUT2D eigenvalue weighted by Crippen LogP contribution is 2.29. The molecule has 0 saturated carbocycles. The summed E-state index contributed by atoms with van der Waals surface area (Å²) in [5.74, 6) is 1.09. The van der Waals surface area contributed by atoms with Crippen LogP contribution in [0.1, 0.15) is 17.9 Å². The molecule has 4 nitrogen and oxygen atoms in total. The molecule has 1 aliphatic heterocycles. The largest absolute Gasteiger partial charge is 0.316 e. The minimum absolute atomic E-state index is 0.544. The van der Waals surface area contributed by atoms with Gasteiger partial charge in [-0.25, -0.2) is 0 Å². The average Bonchev–Trinajstić information content (AvgIpc) is 3.10. The van der Waals surface area contributed by atoms with Crippen LogP contribution in [0.15, 0.2) is 66.7 Å². The monoisotopic (exact) mass is 342 g/mol. The maximum Gasteiger partial charge on any atom is 0.113 e. The SMILES string of the molecule is c1ccc2cc(C3CNC[C@@H](Cn4nc5ccccc5n4)C3)ccc2c1. The van der Waals surface area contributed by atoms with Crippen molar-refractivity contribution in [2.24, 2.45) is 5.92 Å². The highest BCUT2D eigenvalue weighted by molar-refractivity contribution is 5.83.